The van der Waals surface area contributed by atoms with Crippen LogP contribution in [0.2, 0.25) is 0 Å². The van der Waals surface area contributed by atoms with E-state index in [-0.39, 0.29) is 19.8 Å². The molecule has 3 unspecified atom stereocenters. The number of para-hydroxylation sites is 1. The number of nitrogens with one attached hydrogen (secondary N) is 1. The minimum atomic E-state index is -4.05. The predicted octanol–water partition coefficient (Wildman–Crippen LogP) is 5.96. The molecule has 2 aromatic rings. The van der Waals surface area contributed by atoms with Crippen LogP contribution in [0.25, 0.3) is 0 Å². The van der Waals surface area contributed by atoms with E-state index in [0.717, 1.165) is 12.0 Å². The summed E-state index contributed by atoms with van der Waals surface area (Å²) >= 11 is 0. The highest BCUT2D eigenvalue weighted by Gasteiger charge is 2.36. The first kappa shape index (κ1) is 33.0. The molecule has 4 N–H and O–H groups in total. The zero-order chi connectivity index (χ0) is 28.6. The van der Waals surface area contributed by atoms with E-state index < -0.39 is 25.3 Å². The van der Waals surface area contributed by atoms with Gasteiger partial charge in [-0.2, -0.15) is 5.09 Å². The summed E-state index contributed by atoms with van der Waals surface area (Å²) in [6.07, 6.45) is 9.76. The molecule has 0 fully saturated rings. The fraction of sp³-hybridized carbons (Fsp3) is 0.567. The molecule has 9 heteroatoms. The summed E-state index contributed by atoms with van der Waals surface area (Å²) in [6.45, 7) is 5.00. The molecule has 0 amide bonds. The van der Waals surface area contributed by atoms with Crippen LogP contribution in [0, 0.1) is 0 Å². The zero-order valence-corrected chi connectivity index (χ0v) is 24.7. The largest absolute Gasteiger partial charge is 0.465 e. The molecule has 218 valence electrons. The molecule has 0 aliphatic rings. The van der Waals surface area contributed by atoms with E-state index in [0.29, 0.717) is 18.6 Å². The average Bonchev–Trinajstić information content (AvgIpc) is 2.94. The first-order valence-electron chi connectivity index (χ1n) is 14.1. The zero-order valence-electron chi connectivity index (χ0n) is 23.8. The van der Waals surface area contributed by atoms with Gasteiger partial charge in [-0.15, -0.1) is 0 Å². The highest BCUT2D eigenvalue weighted by molar-refractivity contribution is 7.52. The minimum absolute atomic E-state index is 0.187. The van der Waals surface area contributed by atoms with Gasteiger partial charge in [0.05, 0.1) is 25.4 Å². The molecular weight excluding hydrogens is 515 g/mol. The van der Waals surface area contributed by atoms with Gasteiger partial charge in [0, 0.05) is 0 Å². The first-order valence-corrected chi connectivity index (χ1v) is 15.7. The third-order valence-corrected chi connectivity index (χ3v) is 8.17. The fourth-order valence-corrected chi connectivity index (χ4v) is 5.64. The minimum Gasteiger partial charge on any atom is -0.465 e. The molecular formula is C30H47N2O6P. The van der Waals surface area contributed by atoms with Crippen molar-refractivity contribution >= 4 is 13.7 Å². The Morgan fingerprint density at radius 1 is 0.974 bits per heavy atom. The maximum atomic E-state index is 13.6. The number of ether oxygens (including phenoxy) is 1. The molecule has 0 heterocycles. The van der Waals surface area contributed by atoms with Crippen LogP contribution >= 0.6 is 7.75 Å². The summed E-state index contributed by atoms with van der Waals surface area (Å²) in [5.74, 6) is -0.281. The smallest absolute Gasteiger partial charge is 0.459 e. The molecule has 0 bridgehead atoms. The molecule has 2 rings (SSSR count). The van der Waals surface area contributed by atoms with E-state index in [4.69, 9.17) is 19.5 Å². The fourth-order valence-electron chi connectivity index (χ4n) is 4.05. The standard InChI is InChI=1S/C30H47N2O6P/c1-4-6-7-8-9-11-14-26-17-19-27(20-18-26)21-22-30(31,23-33)24-37-39(35,32-25(3)29(34)36-5-2)38-28-15-12-10-13-16-28/h10,12-13,15-20,25,33H,4-9,11,14,21-24,31H2,1-3H3,(H,32,35). The quantitative estimate of drug-likeness (QED) is 0.103. The van der Waals surface area contributed by atoms with Crippen molar-refractivity contribution < 1.29 is 28.3 Å². The Hall–Kier alpha value is -2.22. The number of nitrogens with two attached hydrogens (primary N) is 1. The number of carbonyl (C=O) groups excluding carboxylic acids is 1. The molecule has 0 radical (unpaired) electrons. The number of unbranched alkanes of at least 4 members (excludes halogenated alkanes) is 5. The van der Waals surface area contributed by atoms with Crippen molar-refractivity contribution in [2.24, 2.45) is 5.73 Å². The van der Waals surface area contributed by atoms with Gasteiger partial charge in [0.1, 0.15) is 11.8 Å². The Bertz CT molecular complexity index is 1000. The summed E-state index contributed by atoms with van der Waals surface area (Å²) in [7, 11) is -4.05. The summed E-state index contributed by atoms with van der Waals surface area (Å²) in [6, 6.07) is 16.1. The van der Waals surface area contributed by atoms with Crippen LogP contribution in [-0.2, 0) is 31.5 Å². The topological polar surface area (TPSA) is 120 Å². The molecule has 3 atom stereocenters. The molecule has 0 saturated heterocycles. The molecule has 2 aromatic carbocycles. The van der Waals surface area contributed by atoms with Crippen LogP contribution in [-0.4, -0.2) is 42.5 Å². The van der Waals surface area contributed by atoms with Gasteiger partial charge < -0.3 is 20.1 Å². The number of carbonyl (C=O) groups is 1. The highest BCUT2D eigenvalue weighted by atomic mass is 31.2. The van der Waals surface area contributed by atoms with Crippen LogP contribution < -0.4 is 15.3 Å². The van der Waals surface area contributed by atoms with Gasteiger partial charge in [-0.1, -0.05) is 81.5 Å². The number of aliphatic hydroxyl groups excluding tert-OH is 1. The summed E-state index contributed by atoms with van der Waals surface area (Å²) in [4.78, 5) is 12.1. The van der Waals surface area contributed by atoms with Crippen LogP contribution in [0.1, 0.15) is 76.8 Å². The third-order valence-electron chi connectivity index (χ3n) is 6.55. The Balaban J connectivity index is 1.95. The molecule has 0 aliphatic heterocycles. The molecule has 8 nitrogen and oxygen atoms in total. The number of hydrogen-bond donors (Lipinski definition) is 3. The van der Waals surface area contributed by atoms with Crippen molar-refractivity contribution in [3.63, 3.8) is 0 Å². The van der Waals surface area contributed by atoms with Gasteiger partial charge in [0.25, 0.3) is 0 Å². The van der Waals surface area contributed by atoms with Crippen LogP contribution in [0.4, 0.5) is 0 Å². The van der Waals surface area contributed by atoms with E-state index in [1.165, 1.54) is 51.0 Å². The molecule has 0 aliphatic carbocycles. The van der Waals surface area contributed by atoms with E-state index in [1.807, 2.05) is 0 Å². The Labute approximate surface area is 234 Å². The molecule has 0 aromatic heterocycles. The number of benzene rings is 2. The van der Waals surface area contributed by atoms with E-state index >= 15 is 0 Å². The lowest BCUT2D eigenvalue weighted by atomic mass is 9.93. The van der Waals surface area contributed by atoms with Crippen LogP contribution in [0.5, 0.6) is 5.75 Å². The molecule has 39 heavy (non-hydrogen) atoms. The third kappa shape index (κ3) is 12.7. The van der Waals surface area contributed by atoms with Gasteiger partial charge >= 0.3 is 13.7 Å². The number of aryl methyl sites for hydroxylation is 2. The molecule has 0 spiro atoms. The Kier molecular flexibility index (Phi) is 14.8. The second-order valence-corrected chi connectivity index (χ2v) is 11.8. The SMILES string of the molecule is CCCCCCCCc1ccc(CCC(N)(CO)COP(=O)(NC(C)C(=O)OCC)Oc2ccccc2)cc1. The van der Waals surface area contributed by atoms with Crippen LogP contribution in [0.15, 0.2) is 54.6 Å². The first-order chi connectivity index (χ1) is 18.7. The lowest BCUT2D eigenvalue weighted by Gasteiger charge is -2.30. The maximum absolute atomic E-state index is 13.6. The van der Waals surface area contributed by atoms with Gasteiger partial charge in [0.15, 0.2) is 0 Å². The summed E-state index contributed by atoms with van der Waals surface area (Å²) < 4.78 is 30.0. The number of esters is 1. The van der Waals surface area contributed by atoms with Crippen molar-refractivity contribution in [3.05, 3.63) is 65.7 Å². The Morgan fingerprint density at radius 2 is 1.59 bits per heavy atom. The van der Waals surface area contributed by atoms with Crippen molar-refractivity contribution in [3.8, 4) is 5.75 Å². The van der Waals surface area contributed by atoms with E-state index in [9.17, 15) is 14.5 Å². The number of hydrogen-bond acceptors (Lipinski definition) is 7. The van der Waals surface area contributed by atoms with Crippen molar-refractivity contribution in [1.82, 2.24) is 5.09 Å². The Morgan fingerprint density at radius 3 is 2.21 bits per heavy atom. The van der Waals surface area contributed by atoms with Gasteiger partial charge in [0.2, 0.25) is 0 Å². The maximum Gasteiger partial charge on any atom is 0.459 e. The summed E-state index contributed by atoms with van der Waals surface area (Å²) in [5.41, 5.74) is 7.71. The predicted molar refractivity (Wildman–Crippen MR) is 156 cm³/mol. The van der Waals surface area contributed by atoms with Crippen molar-refractivity contribution in [1.29, 1.82) is 0 Å². The van der Waals surface area contributed by atoms with Crippen LogP contribution in [0.3, 0.4) is 0 Å². The lowest BCUT2D eigenvalue weighted by molar-refractivity contribution is -0.144. The van der Waals surface area contributed by atoms with Gasteiger partial charge in [-0.3, -0.25) is 9.32 Å². The molecule has 0 saturated carbocycles. The average molecular weight is 563 g/mol. The van der Waals surface area contributed by atoms with Gasteiger partial charge in [-0.05, 0) is 62.8 Å². The van der Waals surface area contributed by atoms with E-state index in [1.54, 1.807) is 37.3 Å². The normalized spacial score (nSPS) is 15.2. The van der Waals surface area contributed by atoms with Crippen molar-refractivity contribution in [2.45, 2.75) is 90.1 Å². The van der Waals surface area contributed by atoms with Crippen molar-refractivity contribution in [2.75, 3.05) is 19.8 Å². The highest BCUT2D eigenvalue weighted by Crippen LogP contribution is 2.45. The van der Waals surface area contributed by atoms with E-state index in [2.05, 4.69) is 36.3 Å². The second kappa shape index (κ2) is 17.5. The summed E-state index contributed by atoms with van der Waals surface area (Å²) in [5, 5.41) is 12.7. The van der Waals surface area contributed by atoms with Gasteiger partial charge in [-0.25, -0.2) is 4.57 Å². The monoisotopic (exact) mass is 562 g/mol. The second-order valence-electron chi connectivity index (χ2n) is 10.1. The number of rotatable bonds is 20. The number of aliphatic hydroxyl groups is 1. The lowest BCUT2D eigenvalue weighted by Crippen LogP contribution is -2.49.